The highest BCUT2D eigenvalue weighted by Crippen LogP contribution is 2.34. The molecule has 3 aromatic rings. The zero-order valence-electron chi connectivity index (χ0n) is 18.4. The molecule has 1 unspecified atom stereocenters. The first-order chi connectivity index (χ1) is 15.9. The number of hydrogen-bond acceptors (Lipinski definition) is 5. The van der Waals surface area contributed by atoms with Crippen molar-refractivity contribution in [3.63, 3.8) is 0 Å². The number of amides is 2. The zero-order valence-corrected chi connectivity index (χ0v) is 18.4. The summed E-state index contributed by atoms with van der Waals surface area (Å²) in [6, 6.07) is 20.9. The Bertz CT molecular complexity index is 1180. The third kappa shape index (κ3) is 5.03. The van der Waals surface area contributed by atoms with E-state index in [0.29, 0.717) is 35.0 Å². The number of hydrogen-bond donors (Lipinski definition) is 1. The van der Waals surface area contributed by atoms with Gasteiger partial charge in [0.25, 0.3) is 5.91 Å². The number of fused-ring (bicyclic) bond motifs is 1. The minimum Gasteiger partial charge on any atom is -0.489 e. The summed E-state index contributed by atoms with van der Waals surface area (Å²) in [5.74, 6) is 0.290. The van der Waals surface area contributed by atoms with Gasteiger partial charge in [0.2, 0.25) is 5.91 Å². The fraction of sp³-hybridized carbons (Fsp3) is 0.192. The molecular formula is C26H24N2O5. The first-order valence-electron chi connectivity index (χ1n) is 10.6. The van der Waals surface area contributed by atoms with E-state index in [1.165, 1.54) is 11.8 Å². The van der Waals surface area contributed by atoms with Crippen LogP contribution in [0.5, 0.6) is 11.5 Å². The van der Waals surface area contributed by atoms with Crippen LogP contribution >= 0.6 is 0 Å². The molecule has 0 aromatic heterocycles. The topological polar surface area (TPSA) is 84.9 Å². The summed E-state index contributed by atoms with van der Waals surface area (Å²) in [4.78, 5) is 38.7. The molecule has 1 aliphatic rings. The van der Waals surface area contributed by atoms with Gasteiger partial charge in [0.15, 0.2) is 12.4 Å². The van der Waals surface area contributed by atoms with E-state index in [1.54, 1.807) is 49.4 Å². The Morgan fingerprint density at radius 2 is 1.79 bits per heavy atom. The summed E-state index contributed by atoms with van der Waals surface area (Å²) in [5.41, 5.74) is 2.49. The Labute approximate surface area is 191 Å². The molecule has 0 spiro atoms. The predicted octanol–water partition coefficient (Wildman–Crippen LogP) is 4.22. The van der Waals surface area contributed by atoms with Crippen LogP contribution in [0.3, 0.4) is 0 Å². The number of nitrogens with zero attached hydrogens (tertiary/aromatic N) is 1. The van der Waals surface area contributed by atoms with Gasteiger partial charge in [-0.2, -0.15) is 0 Å². The number of anilines is 2. The Morgan fingerprint density at radius 1 is 1.06 bits per heavy atom. The van der Waals surface area contributed by atoms with Crippen LogP contribution < -0.4 is 19.7 Å². The van der Waals surface area contributed by atoms with Gasteiger partial charge in [-0.15, -0.1) is 0 Å². The molecule has 3 aromatic carbocycles. The van der Waals surface area contributed by atoms with Gasteiger partial charge in [0.1, 0.15) is 24.1 Å². The molecule has 2 amide bonds. The van der Waals surface area contributed by atoms with Gasteiger partial charge in [-0.25, -0.2) is 0 Å². The van der Waals surface area contributed by atoms with E-state index in [0.717, 1.165) is 5.56 Å². The molecule has 0 radical (unpaired) electrons. The van der Waals surface area contributed by atoms with Crippen LogP contribution in [0.1, 0.15) is 29.8 Å². The highest BCUT2D eigenvalue weighted by molar-refractivity contribution is 6.07. The average Bonchev–Trinajstić information content (AvgIpc) is 2.83. The van der Waals surface area contributed by atoms with Crippen molar-refractivity contribution in [3.8, 4) is 11.5 Å². The molecule has 0 fully saturated rings. The maximum atomic E-state index is 12.9. The Morgan fingerprint density at radius 3 is 2.48 bits per heavy atom. The lowest BCUT2D eigenvalue weighted by atomic mass is 10.1. The summed E-state index contributed by atoms with van der Waals surface area (Å²) >= 11 is 0. The highest BCUT2D eigenvalue weighted by Gasteiger charge is 2.33. The van der Waals surface area contributed by atoms with E-state index < -0.39 is 6.04 Å². The van der Waals surface area contributed by atoms with E-state index in [-0.39, 0.29) is 24.2 Å². The molecule has 4 rings (SSSR count). The van der Waals surface area contributed by atoms with Crippen LogP contribution in [0.4, 0.5) is 11.4 Å². The predicted molar refractivity (Wildman–Crippen MR) is 125 cm³/mol. The lowest BCUT2D eigenvalue weighted by molar-refractivity contribution is -0.125. The monoisotopic (exact) mass is 444 g/mol. The third-order valence-electron chi connectivity index (χ3n) is 5.38. The van der Waals surface area contributed by atoms with Gasteiger partial charge in [-0.3, -0.25) is 19.3 Å². The first kappa shape index (κ1) is 22.1. The highest BCUT2D eigenvalue weighted by atomic mass is 16.5. The molecule has 0 saturated heterocycles. The number of benzene rings is 3. The zero-order chi connectivity index (χ0) is 23.4. The Balaban J connectivity index is 1.44. The van der Waals surface area contributed by atoms with Gasteiger partial charge in [0, 0.05) is 11.3 Å². The lowest BCUT2D eigenvalue weighted by Gasteiger charge is -2.33. The molecule has 7 heteroatoms. The average molecular weight is 444 g/mol. The van der Waals surface area contributed by atoms with Gasteiger partial charge >= 0.3 is 0 Å². The quantitative estimate of drug-likeness (QED) is 0.552. The van der Waals surface area contributed by atoms with Gasteiger partial charge in [-0.1, -0.05) is 30.3 Å². The molecule has 1 atom stereocenters. The number of Topliss-reactive ketones (excluding diaryl/α,β-unsaturated/α-hetero) is 1. The number of nitrogens with one attached hydrogen (secondary N) is 1. The fourth-order valence-electron chi connectivity index (χ4n) is 3.55. The van der Waals surface area contributed by atoms with Crippen molar-refractivity contribution in [2.45, 2.75) is 26.5 Å². The minimum absolute atomic E-state index is 0.137. The summed E-state index contributed by atoms with van der Waals surface area (Å²) in [6.07, 6.45) is 0. The number of ketones is 1. The molecular weight excluding hydrogens is 420 g/mol. The van der Waals surface area contributed by atoms with Crippen LogP contribution in [0.25, 0.3) is 0 Å². The minimum atomic E-state index is -0.809. The number of carbonyl (C=O) groups excluding carboxylic acids is 3. The van der Waals surface area contributed by atoms with Crippen LogP contribution in [0, 0.1) is 0 Å². The van der Waals surface area contributed by atoms with Gasteiger partial charge in [0.05, 0.1) is 5.69 Å². The van der Waals surface area contributed by atoms with Crippen LogP contribution in [-0.4, -0.2) is 30.2 Å². The second-order valence-electron chi connectivity index (χ2n) is 7.75. The smallest absolute Gasteiger partial charge is 0.265 e. The summed E-state index contributed by atoms with van der Waals surface area (Å²) < 4.78 is 11.2. The largest absolute Gasteiger partial charge is 0.489 e. The first-order valence-corrected chi connectivity index (χ1v) is 10.6. The van der Waals surface area contributed by atoms with E-state index in [1.807, 2.05) is 30.3 Å². The third-order valence-corrected chi connectivity index (χ3v) is 5.38. The molecule has 0 aliphatic carbocycles. The fourth-order valence-corrected chi connectivity index (χ4v) is 3.55. The molecule has 33 heavy (non-hydrogen) atoms. The maximum Gasteiger partial charge on any atom is 0.265 e. The van der Waals surface area contributed by atoms with Crippen molar-refractivity contribution >= 4 is 29.0 Å². The molecule has 1 aliphatic heterocycles. The van der Waals surface area contributed by atoms with Gasteiger partial charge in [-0.05, 0) is 61.9 Å². The molecule has 168 valence electrons. The van der Waals surface area contributed by atoms with Gasteiger partial charge < -0.3 is 14.8 Å². The Hall–Kier alpha value is -4.13. The molecule has 1 heterocycles. The van der Waals surface area contributed by atoms with E-state index in [9.17, 15) is 14.4 Å². The Kier molecular flexibility index (Phi) is 6.40. The standard InChI is InChI=1S/C26H24N2O5/c1-17(28-23-14-20(18(2)29)8-13-24(23)33-16-25(28)30)26(31)27-21-9-11-22(12-10-21)32-15-19-6-4-3-5-7-19/h3-14,17H,15-16H2,1-2H3,(H,27,31). The molecule has 0 saturated carbocycles. The summed E-state index contributed by atoms with van der Waals surface area (Å²) in [6.45, 7) is 3.36. The van der Waals surface area contributed by atoms with Crippen LogP contribution in [0.2, 0.25) is 0 Å². The number of rotatable bonds is 7. The van der Waals surface area contributed by atoms with E-state index in [4.69, 9.17) is 9.47 Å². The second kappa shape index (κ2) is 9.56. The molecule has 7 nitrogen and oxygen atoms in total. The van der Waals surface area contributed by atoms with Crippen molar-refractivity contribution in [3.05, 3.63) is 83.9 Å². The van der Waals surface area contributed by atoms with Crippen LogP contribution in [-0.2, 0) is 16.2 Å². The number of ether oxygens (including phenoxy) is 2. The van der Waals surface area contributed by atoms with Crippen molar-refractivity contribution in [1.29, 1.82) is 0 Å². The normalized spacial score (nSPS) is 13.5. The van der Waals surface area contributed by atoms with E-state index in [2.05, 4.69) is 5.32 Å². The van der Waals surface area contributed by atoms with Crippen molar-refractivity contribution in [1.82, 2.24) is 0 Å². The van der Waals surface area contributed by atoms with Crippen molar-refractivity contribution < 1.29 is 23.9 Å². The summed E-state index contributed by atoms with van der Waals surface area (Å²) in [7, 11) is 0. The molecule has 1 N–H and O–H groups in total. The second-order valence-corrected chi connectivity index (χ2v) is 7.75. The van der Waals surface area contributed by atoms with E-state index >= 15 is 0 Å². The SMILES string of the molecule is CC(=O)c1ccc2c(c1)N(C(C)C(=O)Nc1ccc(OCc3ccccc3)cc1)C(=O)CO2. The van der Waals surface area contributed by atoms with Crippen molar-refractivity contribution in [2.24, 2.45) is 0 Å². The van der Waals surface area contributed by atoms with Crippen LogP contribution in [0.15, 0.2) is 72.8 Å². The summed E-state index contributed by atoms with van der Waals surface area (Å²) in [5, 5.41) is 2.83. The lowest BCUT2D eigenvalue weighted by Crippen LogP contribution is -2.49. The number of carbonyl (C=O) groups is 3. The molecule has 0 bridgehead atoms. The van der Waals surface area contributed by atoms with Crippen molar-refractivity contribution in [2.75, 3.05) is 16.8 Å². The maximum absolute atomic E-state index is 12.9.